The van der Waals surface area contributed by atoms with Gasteiger partial charge in [-0.25, -0.2) is 9.99 Å². The number of carbonyl (C=O) groups is 1. The highest BCUT2D eigenvalue weighted by Gasteiger charge is 2.26. The van der Waals surface area contributed by atoms with E-state index in [1.807, 2.05) is 0 Å². The van der Waals surface area contributed by atoms with Crippen molar-refractivity contribution in [1.29, 1.82) is 0 Å². The molecule has 0 spiro atoms. The Labute approximate surface area is 99.6 Å². The van der Waals surface area contributed by atoms with Gasteiger partial charge in [-0.1, -0.05) is 6.42 Å². The van der Waals surface area contributed by atoms with Crippen LogP contribution in [0.3, 0.4) is 0 Å². The van der Waals surface area contributed by atoms with Crippen molar-refractivity contribution < 1.29 is 4.79 Å². The third kappa shape index (κ3) is 2.41. The summed E-state index contributed by atoms with van der Waals surface area (Å²) in [6.45, 7) is 4.30. The van der Waals surface area contributed by atoms with E-state index in [2.05, 4.69) is 29.3 Å². The summed E-state index contributed by atoms with van der Waals surface area (Å²) < 4.78 is 0. The number of hydrazine groups is 1. The smallest absolute Gasteiger partial charge is 0.283 e. The number of hydrogen-bond donors (Lipinski definition) is 1. The number of carbonyl (C=O) groups excluding carboxylic acids is 1. The first-order valence-corrected chi connectivity index (χ1v) is 6.60. The molecule has 1 saturated heterocycles. The number of aromatic nitrogens is 1. The van der Waals surface area contributed by atoms with Gasteiger partial charge in [0.1, 0.15) is 5.69 Å². The lowest BCUT2D eigenvalue weighted by molar-refractivity contribution is 0.0366. The number of nitrogens with one attached hydrogen (secondary N) is 1. The highest BCUT2D eigenvalue weighted by atomic mass is 32.1. The molecule has 1 aromatic heterocycles. The van der Waals surface area contributed by atoms with E-state index in [0.717, 1.165) is 12.8 Å². The number of rotatable bonds is 2. The van der Waals surface area contributed by atoms with Crippen LogP contribution < -0.4 is 5.43 Å². The standard InChI is InChI=1S/C11H17N3OS/c1-8-4-3-5-9(2)14(8)13-11(15)10-6-16-7-12-10/h6-9H,3-5H2,1-2H3,(H,13,15). The molecule has 16 heavy (non-hydrogen) atoms. The Morgan fingerprint density at radius 2 is 2.19 bits per heavy atom. The molecule has 1 aliphatic rings. The fourth-order valence-corrected chi connectivity index (χ4v) is 2.67. The Morgan fingerprint density at radius 1 is 1.50 bits per heavy atom. The maximum Gasteiger partial charge on any atom is 0.285 e. The zero-order chi connectivity index (χ0) is 11.5. The maximum absolute atomic E-state index is 11.9. The summed E-state index contributed by atoms with van der Waals surface area (Å²) in [7, 11) is 0. The van der Waals surface area contributed by atoms with Gasteiger partial charge in [0.15, 0.2) is 0 Å². The molecule has 2 rings (SSSR count). The van der Waals surface area contributed by atoms with E-state index < -0.39 is 0 Å². The van der Waals surface area contributed by atoms with Crippen LogP contribution in [-0.2, 0) is 0 Å². The minimum atomic E-state index is -0.0955. The molecule has 1 fully saturated rings. The van der Waals surface area contributed by atoms with Crippen molar-refractivity contribution in [2.45, 2.75) is 45.2 Å². The van der Waals surface area contributed by atoms with Crippen LogP contribution in [0.25, 0.3) is 0 Å². The molecule has 4 nitrogen and oxygen atoms in total. The zero-order valence-corrected chi connectivity index (χ0v) is 10.5. The van der Waals surface area contributed by atoms with Crippen molar-refractivity contribution in [2.24, 2.45) is 0 Å². The fraction of sp³-hybridized carbons (Fsp3) is 0.636. The van der Waals surface area contributed by atoms with E-state index >= 15 is 0 Å². The predicted octanol–water partition coefficient (Wildman–Crippen LogP) is 2.05. The van der Waals surface area contributed by atoms with Crippen molar-refractivity contribution in [3.63, 3.8) is 0 Å². The quantitative estimate of drug-likeness (QED) is 0.859. The Kier molecular flexibility index (Phi) is 3.56. The highest BCUT2D eigenvalue weighted by Crippen LogP contribution is 2.20. The summed E-state index contributed by atoms with van der Waals surface area (Å²) in [5.41, 5.74) is 5.15. The minimum Gasteiger partial charge on any atom is -0.283 e. The van der Waals surface area contributed by atoms with Gasteiger partial charge in [-0.3, -0.25) is 10.2 Å². The molecule has 88 valence electrons. The number of amides is 1. The summed E-state index contributed by atoms with van der Waals surface area (Å²) >= 11 is 1.44. The lowest BCUT2D eigenvalue weighted by Gasteiger charge is -2.38. The molecule has 0 bridgehead atoms. The molecule has 0 radical (unpaired) electrons. The molecule has 2 heterocycles. The Morgan fingerprint density at radius 3 is 2.75 bits per heavy atom. The van der Waals surface area contributed by atoms with Crippen molar-refractivity contribution in [1.82, 2.24) is 15.4 Å². The van der Waals surface area contributed by atoms with Crippen LogP contribution in [0.5, 0.6) is 0 Å². The number of hydrogen-bond acceptors (Lipinski definition) is 4. The Bertz CT molecular complexity index is 342. The SMILES string of the molecule is CC1CCCC(C)N1NC(=O)c1cscn1. The number of piperidine rings is 1. The second-order valence-electron chi connectivity index (χ2n) is 4.35. The van der Waals surface area contributed by atoms with Crippen LogP contribution in [0.2, 0.25) is 0 Å². The minimum absolute atomic E-state index is 0.0955. The van der Waals surface area contributed by atoms with E-state index in [0.29, 0.717) is 17.8 Å². The monoisotopic (exact) mass is 239 g/mol. The van der Waals surface area contributed by atoms with Gasteiger partial charge in [0.2, 0.25) is 0 Å². The molecular weight excluding hydrogens is 222 g/mol. The molecule has 0 saturated carbocycles. The molecule has 1 aromatic rings. The zero-order valence-electron chi connectivity index (χ0n) is 9.64. The second kappa shape index (κ2) is 4.93. The van der Waals surface area contributed by atoms with Crippen molar-refractivity contribution >= 4 is 17.2 Å². The first-order valence-electron chi connectivity index (χ1n) is 5.66. The molecule has 0 aromatic carbocycles. The van der Waals surface area contributed by atoms with Crippen LogP contribution in [0.1, 0.15) is 43.6 Å². The third-order valence-corrected chi connectivity index (χ3v) is 3.68. The van der Waals surface area contributed by atoms with Gasteiger partial charge in [0.25, 0.3) is 5.91 Å². The molecule has 2 unspecified atom stereocenters. The molecule has 1 N–H and O–H groups in total. The summed E-state index contributed by atoms with van der Waals surface area (Å²) in [6, 6.07) is 0.817. The van der Waals surface area contributed by atoms with E-state index in [1.165, 1.54) is 17.8 Å². The number of thiazole rings is 1. The van der Waals surface area contributed by atoms with Crippen LogP contribution in [-0.4, -0.2) is 28.0 Å². The summed E-state index contributed by atoms with van der Waals surface area (Å²) in [5.74, 6) is -0.0955. The van der Waals surface area contributed by atoms with Crippen LogP contribution in [0, 0.1) is 0 Å². The van der Waals surface area contributed by atoms with Gasteiger partial charge in [-0.2, -0.15) is 0 Å². The van der Waals surface area contributed by atoms with E-state index in [4.69, 9.17) is 0 Å². The van der Waals surface area contributed by atoms with Crippen molar-refractivity contribution in [3.05, 3.63) is 16.6 Å². The molecule has 1 aliphatic heterocycles. The Balaban J connectivity index is 2.00. The average Bonchev–Trinajstić information content (AvgIpc) is 2.76. The Hall–Kier alpha value is -0.940. The van der Waals surface area contributed by atoms with Gasteiger partial charge >= 0.3 is 0 Å². The molecule has 2 atom stereocenters. The van der Waals surface area contributed by atoms with Crippen LogP contribution >= 0.6 is 11.3 Å². The largest absolute Gasteiger partial charge is 0.285 e. The number of nitrogens with zero attached hydrogens (tertiary/aromatic N) is 2. The van der Waals surface area contributed by atoms with Gasteiger partial charge in [0.05, 0.1) is 5.51 Å². The normalized spacial score (nSPS) is 26.6. The topological polar surface area (TPSA) is 45.2 Å². The first-order chi connectivity index (χ1) is 7.68. The van der Waals surface area contributed by atoms with Crippen molar-refractivity contribution in [2.75, 3.05) is 0 Å². The van der Waals surface area contributed by atoms with Gasteiger partial charge in [-0.15, -0.1) is 11.3 Å². The van der Waals surface area contributed by atoms with Gasteiger partial charge in [-0.05, 0) is 26.7 Å². The summed E-state index contributed by atoms with van der Waals surface area (Å²) in [5, 5.41) is 3.83. The highest BCUT2D eigenvalue weighted by molar-refractivity contribution is 7.07. The van der Waals surface area contributed by atoms with E-state index in [1.54, 1.807) is 10.9 Å². The predicted molar refractivity (Wildman–Crippen MR) is 64.2 cm³/mol. The first kappa shape index (κ1) is 11.5. The lowest BCUT2D eigenvalue weighted by atomic mass is 10.00. The lowest BCUT2D eigenvalue weighted by Crippen LogP contribution is -2.54. The van der Waals surface area contributed by atoms with Crippen LogP contribution in [0.15, 0.2) is 10.9 Å². The molecule has 1 amide bonds. The summed E-state index contributed by atoms with van der Waals surface area (Å²) in [4.78, 5) is 15.9. The van der Waals surface area contributed by atoms with E-state index in [9.17, 15) is 4.79 Å². The molecular formula is C11H17N3OS. The van der Waals surface area contributed by atoms with E-state index in [-0.39, 0.29) is 5.91 Å². The third-order valence-electron chi connectivity index (χ3n) is 3.09. The van der Waals surface area contributed by atoms with Crippen LogP contribution in [0.4, 0.5) is 0 Å². The molecule has 0 aliphatic carbocycles. The fourth-order valence-electron chi connectivity index (χ4n) is 2.14. The average molecular weight is 239 g/mol. The second-order valence-corrected chi connectivity index (χ2v) is 5.07. The van der Waals surface area contributed by atoms with Crippen molar-refractivity contribution in [3.8, 4) is 0 Å². The van der Waals surface area contributed by atoms with Gasteiger partial charge < -0.3 is 0 Å². The maximum atomic E-state index is 11.9. The van der Waals surface area contributed by atoms with Gasteiger partial charge in [0, 0.05) is 17.5 Å². The molecule has 5 heteroatoms. The summed E-state index contributed by atoms with van der Waals surface area (Å²) in [6.07, 6.45) is 3.52.